The van der Waals surface area contributed by atoms with E-state index in [-0.39, 0.29) is 0 Å². The fourth-order valence-electron chi connectivity index (χ4n) is 2.60. The summed E-state index contributed by atoms with van der Waals surface area (Å²) >= 11 is 0. The lowest BCUT2D eigenvalue weighted by atomic mass is 9.96. The minimum Gasteiger partial charge on any atom is -0.306 e. The topological polar surface area (TPSA) is 37.8 Å². The molecule has 0 spiro atoms. The van der Waals surface area contributed by atoms with Crippen LogP contribution in [0.4, 0.5) is 0 Å². The van der Waals surface area contributed by atoms with Crippen LogP contribution in [0.5, 0.6) is 0 Å². The van der Waals surface area contributed by atoms with Crippen LogP contribution >= 0.6 is 0 Å². The zero-order chi connectivity index (χ0) is 11.9. The van der Waals surface area contributed by atoms with Crippen molar-refractivity contribution < 1.29 is 0 Å². The van der Waals surface area contributed by atoms with Gasteiger partial charge in [0.1, 0.15) is 0 Å². The lowest BCUT2D eigenvalue weighted by molar-refractivity contribution is 0.360. The molecule has 2 rings (SSSR count). The molecule has 94 valence electrons. The first-order chi connectivity index (χ1) is 8.36. The Bertz CT molecular complexity index is 305. The van der Waals surface area contributed by atoms with Crippen LogP contribution < -0.4 is 5.32 Å². The first-order valence-corrected chi connectivity index (χ1v) is 6.88. The molecular weight excluding hydrogens is 210 g/mol. The summed E-state index contributed by atoms with van der Waals surface area (Å²) in [6.07, 6.45) is 14.9. The Labute approximate surface area is 104 Å². The lowest BCUT2D eigenvalue weighted by Gasteiger charge is -2.24. The highest BCUT2D eigenvalue weighted by Gasteiger charge is 2.15. The van der Waals surface area contributed by atoms with Crippen molar-refractivity contribution in [1.29, 1.82) is 0 Å². The minimum absolute atomic E-state index is 0.313. The van der Waals surface area contributed by atoms with Gasteiger partial charge >= 0.3 is 0 Å². The zero-order valence-electron chi connectivity index (χ0n) is 10.7. The van der Waals surface area contributed by atoms with E-state index in [9.17, 15) is 0 Å². The van der Waals surface area contributed by atoms with Gasteiger partial charge in [0.2, 0.25) is 0 Å². The monoisotopic (exact) mass is 233 g/mol. The SMILES string of the molecule is CC(NC1CCCCCCC1)c1cnccn1. The Balaban J connectivity index is 1.86. The number of nitrogens with one attached hydrogen (secondary N) is 1. The van der Waals surface area contributed by atoms with Crippen molar-refractivity contribution in [2.24, 2.45) is 0 Å². The summed E-state index contributed by atoms with van der Waals surface area (Å²) in [5.41, 5.74) is 1.05. The molecule has 0 saturated heterocycles. The normalized spacial score (nSPS) is 20.5. The maximum Gasteiger partial charge on any atom is 0.0753 e. The predicted molar refractivity (Wildman–Crippen MR) is 69.7 cm³/mol. The van der Waals surface area contributed by atoms with Gasteiger partial charge in [0.05, 0.1) is 5.69 Å². The lowest BCUT2D eigenvalue weighted by Crippen LogP contribution is -2.32. The Kier molecular flexibility index (Phi) is 4.92. The molecule has 3 heteroatoms. The Hall–Kier alpha value is -0.960. The summed E-state index contributed by atoms with van der Waals surface area (Å²) in [5.74, 6) is 0. The molecule has 1 unspecified atom stereocenters. The summed E-state index contributed by atoms with van der Waals surface area (Å²) < 4.78 is 0. The van der Waals surface area contributed by atoms with Crippen molar-refractivity contribution in [3.8, 4) is 0 Å². The van der Waals surface area contributed by atoms with Crippen LogP contribution in [0.2, 0.25) is 0 Å². The maximum absolute atomic E-state index is 4.36. The average molecular weight is 233 g/mol. The van der Waals surface area contributed by atoms with Crippen LogP contribution in [0.25, 0.3) is 0 Å². The van der Waals surface area contributed by atoms with Crippen LogP contribution in [0.3, 0.4) is 0 Å². The van der Waals surface area contributed by atoms with Crippen molar-refractivity contribution in [1.82, 2.24) is 15.3 Å². The molecule has 1 aliphatic rings. The molecule has 0 amide bonds. The molecule has 17 heavy (non-hydrogen) atoms. The van der Waals surface area contributed by atoms with Gasteiger partial charge in [0, 0.05) is 30.7 Å². The summed E-state index contributed by atoms with van der Waals surface area (Å²) in [4.78, 5) is 8.49. The van der Waals surface area contributed by atoms with Gasteiger partial charge in [-0.1, -0.05) is 32.1 Å². The van der Waals surface area contributed by atoms with Crippen molar-refractivity contribution >= 4 is 0 Å². The Morgan fingerprint density at radius 2 is 1.82 bits per heavy atom. The van der Waals surface area contributed by atoms with E-state index in [0.717, 1.165) is 5.69 Å². The fourth-order valence-corrected chi connectivity index (χ4v) is 2.60. The third-order valence-electron chi connectivity index (χ3n) is 3.62. The highest BCUT2D eigenvalue weighted by Crippen LogP contribution is 2.19. The summed E-state index contributed by atoms with van der Waals surface area (Å²) in [5, 5.41) is 3.70. The fraction of sp³-hybridized carbons (Fsp3) is 0.714. The van der Waals surface area contributed by atoms with E-state index in [1.807, 2.05) is 6.20 Å². The second-order valence-electron chi connectivity index (χ2n) is 5.06. The van der Waals surface area contributed by atoms with E-state index in [0.29, 0.717) is 12.1 Å². The quantitative estimate of drug-likeness (QED) is 0.871. The van der Waals surface area contributed by atoms with Gasteiger partial charge in [-0.15, -0.1) is 0 Å². The number of nitrogens with zero attached hydrogens (tertiary/aromatic N) is 2. The van der Waals surface area contributed by atoms with Gasteiger partial charge in [-0.3, -0.25) is 9.97 Å². The van der Waals surface area contributed by atoms with E-state index in [4.69, 9.17) is 0 Å². The van der Waals surface area contributed by atoms with E-state index >= 15 is 0 Å². The van der Waals surface area contributed by atoms with E-state index in [1.165, 1.54) is 44.9 Å². The third-order valence-corrected chi connectivity index (χ3v) is 3.62. The second kappa shape index (κ2) is 6.70. The van der Waals surface area contributed by atoms with Crippen LogP contribution in [0, 0.1) is 0 Å². The Morgan fingerprint density at radius 3 is 2.47 bits per heavy atom. The first-order valence-electron chi connectivity index (χ1n) is 6.88. The van der Waals surface area contributed by atoms with Crippen LogP contribution in [0.15, 0.2) is 18.6 Å². The third kappa shape index (κ3) is 4.08. The molecule has 0 aliphatic heterocycles. The van der Waals surface area contributed by atoms with Crippen molar-refractivity contribution in [3.63, 3.8) is 0 Å². The van der Waals surface area contributed by atoms with Gasteiger partial charge in [-0.2, -0.15) is 0 Å². The molecule has 1 aliphatic carbocycles. The van der Waals surface area contributed by atoms with E-state index < -0.39 is 0 Å². The largest absolute Gasteiger partial charge is 0.306 e. The van der Waals surface area contributed by atoms with Gasteiger partial charge in [-0.05, 0) is 19.8 Å². The Morgan fingerprint density at radius 1 is 1.12 bits per heavy atom. The van der Waals surface area contributed by atoms with Gasteiger partial charge in [-0.25, -0.2) is 0 Å². The van der Waals surface area contributed by atoms with Gasteiger partial charge in [0.15, 0.2) is 0 Å². The summed E-state index contributed by atoms with van der Waals surface area (Å²) in [7, 11) is 0. The number of hydrogen-bond donors (Lipinski definition) is 1. The van der Waals surface area contributed by atoms with Gasteiger partial charge in [0.25, 0.3) is 0 Å². The van der Waals surface area contributed by atoms with E-state index in [1.54, 1.807) is 12.4 Å². The van der Waals surface area contributed by atoms with Crippen molar-refractivity contribution in [3.05, 3.63) is 24.3 Å². The second-order valence-corrected chi connectivity index (χ2v) is 5.06. The standard InChI is InChI=1S/C14H23N3/c1-12(14-11-15-9-10-16-14)17-13-7-5-3-2-4-6-8-13/h9-13,17H,2-8H2,1H3. The van der Waals surface area contributed by atoms with Crippen molar-refractivity contribution in [2.45, 2.75) is 64.0 Å². The molecule has 0 aromatic carbocycles. The molecule has 1 saturated carbocycles. The summed E-state index contributed by atoms with van der Waals surface area (Å²) in [6, 6.07) is 0.973. The molecule has 1 heterocycles. The number of rotatable bonds is 3. The number of hydrogen-bond acceptors (Lipinski definition) is 3. The molecule has 1 aromatic rings. The molecule has 0 bridgehead atoms. The van der Waals surface area contributed by atoms with E-state index in [2.05, 4.69) is 22.2 Å². The van der Waals surface area contributed by atoms with Crippen LogP contribution in [0.1, 0.15) is 63.6 Å². The maximum atomic E-state index is 4.36. The molecule has 1 atom stereocenters. The highest BCUT2D eigenvalue weighted by atomic mass is 15.0. The number of aromatic nitrogens is 2. The zero-order valence-corrected chi connectivity index (χ0v) is 10.7. The van der Waals surface area contributed by atoms with Gasteiger partial charge < -0.3 is 5.32 Å². The first kappa shape index (κ1) is 12.5. The molecule has 1 aromatic heterocycles. The molecule has 3 nitrogen and oxygen atoms in total. The smallest absolute Gasteiger partial charge is 0.0753 e. The van der Waals surface area contributed by atoms with Crippen molar-refractivity contribution in [2.75, 3.05) is 0 Å². The predicted octanol–water partition coefficient (Wildman–Crippen LogP) is 3.24. The molecule has 1 N–H and O–H groups in total. The molecule has 1 fully saturated rings. The summed E-state index contributed by atoms with van der Waals surface area (Å²) in [6.45, 7) is 2.18. The van der Waals surface area contributed by atoms with Crippen LogP contribution in [-0.4, -0.2) is 16.0 Å². The minimum atomic E-state index is 0.313. The average Bonchev–Trinajstić information content (AvgIpc) is 2.33. The van der Waals surface area contributed by atoms with Crippen LogP contribution in [-0.2, 0) is 0 Å². The highest BCUT2D eigenvalue weighted by molar-refractivity contribution is 5.01. The molecule has 0 radical (unpaired) electrons. The molecular formula is C14H23N3.